The van der Waals surface area contributed by atoms with Crippen LogP contribution in [0.5, 0.6) is 0 Å². The molecule has 27 heavy (non-hydrogen) atoms. The van der Waals surface area contributed by atoms with Gasteiger partial charge < -0.3 is 19.9 Å². The van der Waals surface area contributed by atoms with E-state index in [-0.39, 0.29) is 19.1 Å². The maximum absolute atomic E-state index is 12.5. The van der Waals surface area contributed by atoms with Gasteiger partial charge in [-0.05, 0) is 40.0 Å². The second-order valence-corrected chi connectivity index (χ2v) is 7.68. The van der Waals surface area contributed by atoms with Gasteiger partial charge >= 0.3 is 0 Å². The van der Waals surface area contributed by atoms with Crippen molar-refractivity contribution < 1.29 is 9.90 Å². The van der Waals surface area contributed by atoms with Gasteiger partial charge in [-0.25, -0.2) is 15.0 Å². The first-order chi connectivity index (χ1) is 12.8. The number of likely N-dealkylation sites (N-methyl/N-ethyl adjacent to an activating group) is 1. The molecule has 2 aromatic rings. The van der Waals surface area contributed by atoms with E-state index in [2.05, 4.69) is 10.3 Å². The molecule has 1 aliphatic carbocycles. The minimum absolute atomic E-state index is 0.113. The van der Waals surface area contributed by atoms with Crippen LogP contribution < -0.4 is 10.2 Å². The SMILES string of the molecule is CCN(CC(=O)NC(C)(C)CO)c1nc(-c2cn(C)cn2)nc2c1CCC2. The van der Waals surface area contributed by atoms with Crippen molar-refractivity contribution in [2.24, 2.45) is 7.05 Å². The monoisotopic (exact) mass is 372 g/mol. The number of aliphatic hydroxyl groups excluding tert-OH is 1. The average Bonchev–Trinajstić information content (AvgIpc) is 3.27. The van der Waals surface area contributed by atoms with Crippen LogP contribution in [0.3, 0.4) is 0 Å². The molecular weight excluding hydrogens is 344 g/mol. The van der Waals surface area contributed by atoms with Gasteiger partial charge in [0, 0.05) is 31.0 Å². The first-order valence-electron chi connectivity index (χ1n) is 9.38. The smallest absolute Gasteiger partial charge is 0.240 e. The molecule has 0 spiro atoms. The lowest BCUT2D eigenvalue weighted by Gasteiger charge is -2.28. The summed E-state index contributed by atoms with van der Waals surface area (Å²) in [6.07, 6.45) is 6.52. The van der Waals surface area contributed by atoms with Gasteiger partial charge in [-0.1, -0.05) is 0 Å². The van der Waals surface area contributed by atoms with Crippen molar-refractivity contribution in [1.29, 1.82) is 0 Å². The number of amides is 1. The molecule has 8 nitrogen and oxygen atoms in total. The Labute approximate surface area is 159 Å². The van der Waals surface area contributed by atoms with Crippen LogP contribution in [0, 0.1) is 0 Å². The first-order valence-corrected chi connectivity index (χ1v) is 9.38. The quantitative estimate of drug-likeness (QED) is 0.755. The minimum Gasteiger partial charge on any atom is -0.394 e. The number of hydrogen-bond donors (Lipinski definition) is 2. The van der Waals surface area contributed by atoms with E-state index in [4.69, 9.17) is 9.97 Å². The number of carbonyl (C=O) groups excluding carboxylic acids is 1. The van der Waals surface area contributed by atoms with E-state index in [1.807, 2.05) is 29.6 Å². The van der Waals surface area contributed by atoms with Crippen LogP contribution in [0.2, 0.25) is 0 Å². The predicted molar refractivity (Wildman–Crippen MR) is 103 cm³/mol. The minimum atomic E-state index is -0.650. The van der Waals surface area contributed by atoms with E-state index >= 15 is 0 Å². The zero-order chi connectivity index (χ0) is 19.6. The Kier molecular flexibility index (Phi) is 5.46. The van der Waals surface area contributed by atoms with E-state index in [0.717, 1.165) is 42.0 Å². The van der Waals surface area contributed by atoms with Crippen molar-refractivity contribution in [2.45, 2.75) is 45.6 Å². The Balaban J connectivity index is 1.91. The Morgan fingerprint density at radius 3 is 2.78 bits per heavy atom. The van der Waals surface area contributed by atoms with Crippen molar-refractivity contribution in [3.8, 4) is 11.5 Å². The van der Waals surface area contributed by atoms with E-state index in [1.165, 1.54) is 0 Å². The molecule has 0 saturated heterocycles. The molecule has 2 heterocycles. The summed E-state index contributed by atoms with van der Waals surface area (Å²) in [5, 5.41) is 12.3. The average molecular weight is 372 g/mol. The number of aryl methyl sites for hydroxylation is 2. The molecule has 0 fully saturated rings. The molecule has 0 aliphatic heterocycles. The normalized spacial score (nSPS) is 13.5. The molecule has 2 N–H and O–H groups in total. The number of nitrogens with one attached hydrogen (secondary N) is 1. The Morgan fingerprint density at radius 1 is 1.37 bits per heavy atom. The van der Waals surface area contributed by atoms with Gasteiger partial charge in [0.05, 0.1) is 25.0 Å². The summed E-state index contributed by atoms with van der Waals surface area (Å²) >= 11 is 0. The van der Waals surface area contributed by atoms with Gasteiger partial charge in [0.25, 0.3) is 0 Å². The molecule has 0 radical (unpaired) electrons. The fourth-order valence-electron chi connectivity index (χ4n) is 3.28. The maximum Gasteiger partial charge on any atom is 0.240 e. The summed E-state index contributed by atoms with van der Waals surface area (Å²) in [6, 6.07) is 0. The molecule has 0 saturated carbocycles. The molecule has 3 rings (SSSR count). The van der Waals surface area contributed by atoms with Crippen LogP contribution in [0.4, 0.5) is 5.82 Å². The molecule has 1 amide bonds. The van der Waals surface area contributed by atoms with Gasteiger partial charge in [-0.3, -0.25) is 4.79 Å². The number of rotatable bonds is 7. The first kappa shape index (κ1) is 19.3. The third-order valence-electron chi connectivity index (χ3n) is 4.73. The highest BCUT2D eigenvalue weighted by Crippen LogP contribution is 2.31. The van der Waals surface area contributed by atoms with E-state index < -0.39 is 5.54 Å². The molecule has 8 heteroatoms. The molecule has 0 aromatic carbocycles. The van der Waals surface area contributed by atoms with Crippen LogP contribution in [-0.4, -0.2) is 55.8 Å². The van der Waals surface area contributed by atoms with Crippen molar-refractivity contribution in [3.05, 3.63) is 23.8 Å². The Morgan fingerprint density at radius 2 is 2.15 bits per heavy atom. The van der Waals surface area contributed by atoms with Crippen molar-refractivity contribution in [3.63, 3.8) is 0 Å². The number of aliphatic hydroxyl groups is 1. The molecule has 146 valence electrons. The second-order valence-electron chi connectivity index (χ2n) is 7.68. The summed E-state index contributed by atoms with van der Waals surface area (Å²) < 4.78 is 1.87. The standard InChI is InChI=1S/C19H28N6O2/c1-5-25(10-16(27)23-19(2,3)11-26)18-13-7-6-8-14(13)21-17(22-18)15-9-24(4)12-20-15/h9,12,26H,5-8,10-11H2,1-4H3,(H,23,27). The highest BCUT2D eigenvalue weighted by molar-refractivity contribution is 5.82. The van der Waals surface area contributed by atoms with Crippen LogP contribution >= 0.6 is 0 Å². The number of hydrogen-bond acceptors (Lipinski definition) is 6. The van der Waals surface area contributed by atoms with Crippen molar-refractivity contribution >= 4 is 11.7 Å². The van der Waals surface area contributed by atoms with Crippen LogP contribution in [-0.2, 0) is 24.7 Å². The highest BCUT2D eigenvalue weighted by atomic mass is 16.3. The fourth-order valence-corrected chi connectivity index (χ4v) is 3.28. The van der Waals surface area contributed by atoms with E-state index in [9.17, 15) is 9.90 Å². The number of nitrogens with zero attached hydrogens (tertiary/aromatic N) is 5. The molecule has 1 aliphatic rings. The van der Waals surface area contributed by atoms with Crippen LogP contribution in [0.1, 0.15) is 38.4 Å². The lowest BCUT2D eigenvalue weighted by Crippen LogP contribution is -2.50. The summed E-state index contributed by atoms with van der Waals surface area (Å²) in [7, 11) is 1.91. The summed E-state index contributed by atoms with van der Waals surface area (Å²) in [4.78, 5) is 28.3. The lowest BCUT2D eigenvalue weighted by molar-refractivity contribution is -0.121. The molecule has 2 aromatic heterocycles. The summed E-state index contributed by atoms with van der Waals surface area (Å²) in [5.41, 5.74) is 2.26. The largest absolute Gasteiger partial charge is 0.394 e. The van der Waals surface area contributed by atoms with Crippen molar-refractivity contribution in [2.75, 3.05) is 24.6 Å². The number of fused-ring (bicyclic) bond motifs is 1. The number of imidazole rings is 1. The third kappa shape index (κ3) is 4.27. The van der Waals surface area contributed by atoms with Crippen LogP contribution in [0.15, 0.2) is 12.5 Å². The number of aromatic nitrogens is 4. The summed E-state index contributed by atoms with van der Waals surface area (Å²) in [5.74, 6) is 1.28. The number of anilines is 1. The predicted octanol–water partition coefficient (Wildman–Crippen LogP) is 1.08. The van der Waals surface area contributed by atoms with Gasteiger partial charge in [-0.15, -0.1) is 0 Å². The highest BCUT2D eigenvalue weighted by Gasteiger charge is 2.26. The summed E-state index contributed by atoms with van der Waals surface area (Å²) in [6.45, 7) is 6.32. The van der Waals surface area contributed by atoms with Gasteiger partial charge in [0.15, 0.2) is 5.82 Å². The molecule has 0 unspecified atom stereocenters. The van der Waals surface area contributed by atoms with Gasteiger partial charge in [-0.2, -0.15) is 0 Å². The van der Waals surface area contributed by atoms with Gasteiger partial charge in [0.2, 0.25) is 5.91 Å². The third-order valence-corrected chi connectivity index (χ3v) is 4.73. The maximum atomic E-state index is 12.5. The fraction of sp³-hybridized carbons (Fsp3) is 0.579. The Bertz CT molecular complexity index is 830. The van der Waals surface area contributed by atoms with E-state index in [0.29, 0.717) is 12.4 Å². The Hall–Kier alpha value is -2.48. The van der Waals surface area contributed by atoms with Gasteiger partial charge in [0.1, 0.15) is 11.5 Å². The molecule has 0 atom stereocenters. The molecule has 0 bridgehead atoms. The second kappa shape index (κ2) is 7.64. The van der Waals surface area contributed by atoms with Crippen molar-refractivity contribution in [1.82, 2.24) is 24.8 Å². The zero-order valence-corrected chi connectivity index (χ0v) is 16.5. The lowest BCUT2D eigenvalue weighted by atomic mass is 10.1. The topological polar surface area (TPSA) is 96.2 Å². The number of carbonyl (C=O) groups is 1. The van der Waals surface area contributed by atoms with E-state index in [1.54, 1.807) is 20.2 Å². The molecular formula is C19H28N6O2. The zero-order valence-electron chi connectivity index (χ0n) is 16.5. The van der Waals surface area contributed by atoms with Crippen LogP contribution in [0.25, 0.3) is 11.5 Å².